The molecule has 0 aliphatic rings. The number of hydrogen-bond donors (Lipinski definition) is 1. The third kappa shape index (κ3) is 3.02. The molecule has 0 bridgehead atoms. The summed E-state index contributed by atoms with van der Waals surface area (Å²) in [6.07, 6.45) is 1.01. The summed E-state index contributed by atoms with van der Waals surface area (Å²) in [5, 5.41) is 0. The first-order valence-electron chi connectivity index (χ1n) is 8.57. The van der Waals surface area contributed by atoms with Crippen LogP contribution in [-0.2, 0) is 0 Å². The van der Waals surface area contributed by atoms with E-state index in [-0.39, 0.29) is 5.92 Å². The number of hydrogen-bond acceptors (Lipinski definition) is 3. The van der Waals surface area contributed by atoms with Gasteiger partial charge in [0, 0.05) is 23.7 Å². The molecule has 1 unspecified atom stereocenters. The predicted octanol–water partition coefficient (Wildman–Crippen LogP) is 4.16. The topological polar surface area (TPSA) is 52.5 Å². The smallest absolute Gasteiger partial charge is 0.137 e. The Morgan fingerprint density at radius 1 is 1.17 bits per heavy atom. The SMILES string of the molecule is CCCOc1ccc(-c2nc3cccc(C)n3c2C(C)CN)cc1. The average molecular weight is 323 g/mol. The summed E-state index contributed by atoms with van der Waals surface area (Å²) in [6, 6.07) is 14.4. The minimum absolute atomic E-state index is 0.229. The summed E-state index contributed by atoms with van der Waals surface area (Å²) in [5.41, 5.74) is 11.4. The molecule has 0 saturated carbocycles. The predicted molar refractivity (Wildman–Crippen MR) is 98.6 cm³/mol. The highest BCUT2D eigenvalue weighted by Gasteiger charge is 2.19. The van der Waals surface area contributed by atoms with Gasteiger partial charge < -0.3 is 14.9 Å². The maximum atomic E-state index is 5.97. The van der Waals surface area contributed by atoms with Crippen LogP contribution in [0.2, 0.25) is 0 Å². The Labute approximate surface area is 143 Å². The van der Waals surface area contributed by atoms with Gasteiger partial charge in [0.1, 0.15) is 11.4 Å². The normalized spacial score (nSPS) is 12.5. The molecule has 0 aliphatic heterocycles. The Morgan fingerprint density at radius 3 is 2.58 bits per heavy atom. The van der Waals surface area contributed by atoms with Gasteiger partial charge in [0.2, 0.25) is 0 Å². The molecule has 0 aliphatic carbocycles. The Balaban J connectivity index is 2.10. The van der Waals surface area contributed by atoms with Crippen LogP contribution >= 0.6 is 0 Å². The lowest BCUT2D eigenvalue weighted by molar-refractivity contribution is 0.317. The minimum Gasteiger partial charge on any atom is -0.494 e. The summed E-state index contributed by atoms with van der Waals surface area (Å²) < 4.78 is 7.89. The van der Waals surface area contributed by atoms with Crippen LogP contribution in [0.15, 0.2) is 42.5 Å². The van der Waals surface area contributed by atoms with Crippen LogP contribution in [0.4, 0.5) is 0 Å². The summed E-state index contributed by atoms with van der Waals surface area (Å²) in [7, 11) is 0. The maximum Gasteiger partial charge on any atom is 0.137 e. The number of pyridine rings is 1. The van der Waals surface area contributed by atoms with E-state index in [9.17, 15) is 0 Å². The van der Waals surface area contributed by atoms with E-state index in [0.717, 1.165) is 35.7 Å². The van der Waals surface area contributed by atoms with E-state index < -0.39 is 0 Å². The maximum absolute atomic E-state index is 5.97. The molecule has 1 aromatic carbocycles. The van der Waals surface area contributed by atoms with Crippen molar-refractivity contribution in [3.8, 4) is 17.0 Å². The summed E-state index contributed by atoms with van der Waals surface area (Å²) in [5.74, 6) is 1.13. The number of fused-ring (bicyclic) bond motifs is 1. The molecule has 0 fully saturated rings. The zero-order chi connectivity index (χ0) is 17.1. The van der Waals surface area contributed by atoms with Gasteiger partial charge in [-0.2, -0.15) is 0 Å². The molecular formula is C20H25N3O. The van der Waals surface area contributed by atoms with Gasteiger partial charge in [0.15, 0.2) is 0 Å². The van der Waals surface area contributed by atoms with Crippen molar-refractivity contribution in [2.45, 2.75) is 33.1 Å². The zero-order valence-electron chi connectivity index (χ0n) is 14.6. The second-order valence-electron chi connectivity index (χ2n) is 6.22. The van der Waals surface area contributed by atoms with Crippen molar-refractivity contribution >= 4 is 5.65 Å². The average Bonchev–Trinajstić information content (AvgIpc) is 3.00. The Kier molecular flexibility index (Phi) is 4.86. The fourth-order valence-electron chi connectivity index (χ4n) is 2.99. The highest BCUT2D eigenvalue weighted by atomic mass is 16.5. The van der Waals surface area contributed by atoms with Crippen molar-refractivity contribution in [1.29, 1.82) is 0 Å². The van der Waals surface area contributed by atoms with E-state index in [0.29, 0.717) is 6.54 Å². The van der Waals surface area contributed by atoms with Gasteiger partial charge in [-0.25, -0.2) is 4.98 Å². The third-order valence-electron chi connectivity index (χ3n) is 4.30. The summed E-state index contributed by atoms with van der Waals surface area (Å²) in [4.78, 5) is 4.87. The number of imidazole rings is 1. The van der Waals surface area contributed by atoms with Gasteiger partial charge in [-0.15, -0.1) is 0 Å². The minimum atomic E-state index is 0.229. The van der Waals surface area contributed by atoms with Gasteiger partial charge >= 0.3 is 0 Å². The van der Waals surface area contributed by atoms with Gasteiger partial charge in [-0.1, -0.05) is 19.9 Å². The molecule has 24 heavy (non-hydrogen) atoms. The number of rotatable bonds is 6. The van der Waals surface area contributed by atoms with Crippen molar-refractivity contribution in [2.75, 3.05) is 13.2 Å². The molecule has 4 heteroatoms. The van der Waals surface area contributed by atoms with Crippen LogP contribution in [0.3, 0.4) is 0 Å². The molecule has 1 atom stereocenters. The first-order chi connectivity index (χ1) is 11.7. The Bertz CT molecular complexity index is 821. The lowest BCUT2D eigenvalue weighted by Gasteiger charge is -2.13. The molecule has 0 saturated heterocycles. The lowest BCUT2D eigenvalue weighted by Crippen LogP contribution is -2.12. The molecule has 3 rings (SSSR count). The largest absolute Gasteiger partial charge is 0.494 e. The van der Waals surface area contributed by atoms with Crippen molar-refractivity contribution < 1.29 is 4.74 Å². The third-order valence-corrected chi connectivity index (χ3v) is 4.30. The molecule has 2 heterocycles. The fraction of sp³-hybridized carbons (Fsp3) is 0.350. The molecule has 0 spiro atoms. The number of nitrogens with zero attached hydrogens (tertiary/aromatic N) is 2. The summed E-state index contributed by atoms with van der Waals surface area (Å²) >= 11 is 0. The fourth-order valence-corrected chi connectivity index (χ4v) is 2.99. The summed E-state index contributed by atoms with van der Waals surface area (Å²) in [6.45, 7) is 7.69. The van der Waals surface area contributed by atoms with Gasteiger partial charge in [0.05, 0.1) is 18.0 Å². The second kappa shape index (κ2) is 7.05. The Morgan fingerprint density at radius 2 is 1.92 bits per heavy atom. The number of aryl methyl sites for hydroxylation is 1. The quantitative estimate of drug-likeness (QED) is 0.741. The zero-order valence-corrected chi connectivity index (χ0v) is 14.6. The molecule has 0 amide bonds. The van der Waals surface area contributed by atoms with Crippen LogP contribution in [0.5, 0.6) is 5.75 Å². The first-order valence-corrected chi connectivity index (χ1v) is 8.57. The standard InChI is InChI=1S/C20H25N3O/c1-4-12-24-17-10-8-16(9-11-17)19-20(14(2)13-21)23-15(3)6-5-7-18(23)22-19/h5-11,14H,4,12-13,21H2,1-3H3. The number of ether oxygens (including phenoxy) is 1. The van der Waals surface area contributed by atoms with Gasteiger partial charge in [0.25, 0.3) is 0 Å². The van der Waals surface area contributed by atoms with E-state index in [2.05, 4.69) is 43.4 Å². The highest BCUT2D eigenvalue weighted by Crippen LogP contribution is 2.31. The van der Waals surface area contributed by atoms with Crippen LogP contribution in [-0.4, -0.2) is 22.5 Å². The van der Waals surface area contributed by atoms with E-state index in [1.165, 1.54) is 11.4 Å². The van der Waals surface area contributed by atoms with E-state index in [1.807, 2.05) is 24.3 Å². The molecule has 2 N–H and O–H groups in total. The number of benzene rings is 1. The molecule has 126 valence electrons. The van der Waals surface area contributed by atoms with Gasteiger partial charge in [-0.3, -0.25) is 0 Å². The molecule has 0 radical (unpaired) electrons. The van der Waals surface area contributed by atoms with E-state index in [1.54, 1.807) is 0 Å². The Hall–Kier alpha value is -2.33. The highest BCUT2D eigenvalue weighted by molar-refractivity contribution is 5.68. The molecular weight excluding hydrogens is 298 g/mol. The number of nitrogens with two attached hydrogens (primary N) is 1. The van der Waals surface area contributed by atoms with Crippen LogP contribution < -0.4 is 10.5 Å². The molecule has 4 nitrogen and oxygen atoms in total. The van der Waals surface area contributed by atoms with Crippen LogP contribution in [0.25, 0.3) is 16.9 Å². The van der Waals surface area contributed by atoms with Crippen molar-refractivity contribution in [1.82, 2.24) is 9.38 Å². The van der Waals surface area contributed by atoms with Crippen LogP contribution in [0, 0.1) is 6.92 Å². The molecule has 3 aromatic rings. The molecule has 2 aromatic heterocycles. The van der Waals surface area contributed by atoms with Gasteiger partial charge in [-0.05, 0) is 49.7 Å². The van der Waals surface area contributed by atoms with Crippen molar-refractivity contribution in [3.63, 3.8) is 0 Å². The van der Waals surface area contributed by atoms with Crippen LogP contribution in [0.1, 0.15) is 37.6 Å². The first kappa shape index (κ1) is 16.5. The van der Waals surface area contributed by atoms with Crippen molar-refractivity contribution in [2.24, 2.45) is 5.73 Å². The lowest BCUT2D eigenvalue weighted by atomic mass is 10.0. The van der Waals surface area contributed by atoms with Crippen molar-refractivity contribution in [3.05, 3.63) is 53.9 Å². The van der Waals surface area contributed by atoms with E-state index >= 15 is 0 Å². The van der Waals surface area contributed by atoms with E-state index in [4.69, 9.17) is 15.5 Å². The number of aromatic nitrogens is 2. The second-order valence-corrected chi connectivity index (χ2v) is 6.22. The monoisotopic (exact) mass is 323 g/mol.